The van der Waals surface area contributed by atoms with Crippen molar-refractivity contribution in [3.05, 3.63) is 64.8 Å². The molecular weight excluding hydrogens is 290 g/mol. The first-order chi connectivity index (χ1) is 11.1. The SMILES string of the molecule is CN(C)CCOc1cccc(-c2cc(=O)c3ccccc3o2)c1. The maximum atomic E-state index is 12.2. The van der Waals surface area contributed by atoms with Crippen molar-refractivity contribution in [3.8, 4) is 17.1 Å². The van der Waals surface area contributed by atoms with Crippen molar-refractivity contribution in [3.63, 3.8) is 0 Å². The zero-order valence-corrected chi connectivity index (χ0v) is 13.3. The lowest BCUT2D eigenvalue weighted by Crippen LogP contribution is -2.19. The van der Waals surface area contributed by atoms with Crippen LogP contribution in [-0.4, -0.2) is 32.1 Å². The van der Waals surface area contributed by atoms with Crippen LogP contribution in [0, 0.1) is 0 Å². The van der Waals surface area contributed by atoms with Gasteiger partial charge in [-0.1, -0.05) is 24.3 Å². The number of nitrogens with zero attached hydrogens (tertiary/aromatic N) is 1. The van der Waals surface area contributed by atoms with Crippen LogP contribution in [0.3, 0.4) is 0 Å². The molecule has 0 saturated carbocycles. The average molecular weight is 309 g/mol. The highest BCUT2D eigenvalue weighted by Crippen LogP contribution is 2.25. The largest absolute Gasteiger partial charge is 0.492 e. The Morgan fingerprint density at radius 2 is 1.87 bits per heavy atom. The second-order valence-corrected chi connectivity index (χ2v) is 5.65. The quantitative estimate of drug-likeness (QED) is 0.724. The van der Waals surface area contributed by atoms with Gasteiger partial charge in [0.05, 0.1) is 5.39 Å². The molecule has 3 rings (SSSR count). The summed E-state index contributed by atoms with van der Waals surface area (Å²) in [6.07, 6.45) is 0. The first-order valence-corrected chi connectivity index (χ1v) is 7.54. The Balaban J connectivity index is 1.91. The second-order valence-electron chi connectivity index (χ2n) is 5.65. The van der Waals surface area contributed by atoms with Crippen molar-refractivity contribution in [2.45, 2.75) is 0 Å². The Kier molecular flexibility index (Phi) is 4.44. The van der Waals surface area contributed by atoms with E-state index >= 15 is 0 Å². The topological polar surface area (TPSA) is 42.7 Å². The molecule has 0 atom stereocenters. The highest BCUT2D eigenvalue weighted by atomic mass is 16.5. The number of hydrogen-bond donors (Lipinski definition) is 0. The average Bonchev–Trinajstić information content (AvgIpc) is 2.55. The molecule has 0 aliphatic heterocycles. The molecule has 3 aromatic rings. The maximum absolute atomic E-state index is 12.2. The molecule has 0 fully saturated rings. The third-order valence-electron chi connectivity index (χ3n) is 3.56. The summed E-state index contributed by atoms with van der Waals surface area (Å²) in [6, 6.07) is 16.4. The van der Waals surface area contributed by atoms with Gasteiger partial charge in [-0.25, -0.2) is 0 Å². The van der Waals surface area contributed by atoms with Crippen LogP contribution in [0.5, 0.6) is 5.75 Å². The van der Waals surface area contributed by atoms with E-state index in [1.807, 2.05) is 50.5 Å². The van der Waals surface area contributed by atoms with Gasteiger partial charge in [0, 0.05) is 18.2 Å². The highest BCUT2D eigenvalue weighted by molar-refractivity contribution is 5.78. The number of fused-ring (bicyclic) bond motifs is 1. The third-order valence-corrected chi connectivity index (χ3v) is 3.56. The first-order valence-electron chi connectivity index (χ1n) is 7.54. The number of para-hydroxylation sites is 1. The number of likely N-dealkylation sites (N-methyl/N-ethyl adjacent to an activating group) is 1. The molecule has 0 saturated heterocycles. The van der Waals surface area contributed by atoms with Crippen molar-refractivity contribution in [2.24, 2.45) is 0 Å². The summed E-state index contributed by atoms with van der Waals surface area (Å²) in [7, 11) is 4.01. The highest BCUT2D eigenvalue weighted by Gasteiger charge is 2.07. The molecule has 1 aromatic heterocycles. The molecule has 0 amide bonds. The van der Waals surface area contributed by atoms with Gasteiger partial charge in [0.1, 0.15) is 23.7 Å². The molecule has 0 spiro atoms. The van der Waals surface area contributed by atoms with Crippen LogP contribution in [0.2, 0.25) is 0 Å². The molecule has 0 N–H and O–H groups in total. The maximum Gasteiger partial charge on any atom is 0.193 e. The molecule has 0 unspecified atom stereocenters. The molecule has 0 bridgehead atoms. The van der Waals surface area contributed by atoms with Crippen LogP contribution in [0.4, 0.5) is 0 Å². The van der Waals surface area contributed by atoms with E-state index in [1.165, 1.54) is 6.07 Å². The lowest BCUT2D eigenvalue weighted by atomic mass is 10.1. The summed E-state index contributed by atoms with van der Waals surface area (Å²) in [5, 5.41) is 0.592. The summed E-state index contributed by atoms with van der Waals surface area (Å²) in [5.41, 5.74) is 1.38. The fourth-order valence-electron chi connectivity index (χ4n) is 2.33. The van der Waals surface area contributed by atoms with Crippen LogP contribution in [0.1, 0.15) is 0 Å². The minimum absolute atomic E-state index is 0.0409. The predicted octanol–water partition coefficient (Wildman–Crippen LogP) is 3.40. The zero-order chi connectivity index (χ0) is 16.2. The third kappa shape index (κ3) is 3.60. The second kappa shape index (κ2) is 6.67. The van der Waals surface area contributed by atoms with Crippen molar-refractivity contribution < 1.29 is 9.15 Å². The van der Waals surface area contributed by atoms with Crippen LogP contribution in [-0.2, 0) is 0 Å². The van der Waals surface area contributed by atoms with E-state index in [4.69, 9.17) is 9.15 Å². The van der Waals surface area contributed by atoms with Gasteiger partial charge in [0.2, 0.25) is 0 Å². The zero-order valence-electron chi connectivity index (χ0n) is 13.3. The van der Waals surface area contributed by atoms with Crippen LogP contribution in [0.25, 0.3) is 22.3 Å². The number of hydrogen-bond acceptors (Lipinski definition) is 4. The van der Waals surface area contributed by atoms with Crippen LogP contribution < -0.4 is 10.2 Å². The standard InChI is InChI=1S/C19H19NO3/c1-20(2)10-11-22-15-7-5-6-14(12-15)19-13-17(21)16-8-3-4-9-18(16)23-19/h3-9,12-13H,10-11H2,1-2H3. The summed E-state index contributed by atoms with van der Waals surface area (Å²) in [4.78, 5) is 14.3. The number of rotatable bonds is 5. The van der Waals surface area contributed by atoms with Crippen molar-refractivity contribution in [2.75, 3.05) is 27.2 Å². The Morgan fingerprint density at radius 3 is 2.70 bits per heavy atom. The van der Waals surface area contributed by atoms with Crippen LogP contribution >= 0.6 is 0 Å². The van der Waals surface area contributed by atoms with Crippen LogP contribution in [0.15, 0.2) is 63.8 Å². The van der Waals surface area contributed by atoms with E-state index in [-0.39, 0.29) is 5.43 Å². The molecule has 4 nitrogen and oxygen atoms in total. The Bertz CT molecular complexity index is 868. The fraction of sp³-hybridized carbons (Fsp3) is 0.211. The molecular formula is C19H19NO3. The summed E-state index contributed by atoms with van der Waals surface area (Å²) in [5.74, 6) is 1.31. The number of benzene rings is 2. The lowest BCUT2D eigenvalue weighted by Gasteiger charge is -2.11. The smallest absolute Gasteiger partial charge is 0.193 e. The first kappa shape index (κ1) is 15.3. The van der Waals surface area contributed by atoms with Gasteiger partial charge in [-0.05, 0) is 38.4 Å². The number of ether oxygens (including phenoxy) is 1. The fourth-order valence-corrected chi connectivity index (χ4v) is 2.33. The predicted molar refractivity (Wildman–Crippen MR) is 92.0 cm³/mol. The van der Waals surface area contributed by atoms with E-state index in [0.29, 0.717) is 23.3 Å². The molecule has 0 radical (unpaired) electrons. The van der Waals surface area contributed by atoms with Crippen molar-refractivity contribution in [1.82, 2.24) is 4.90 Å². The van der Waals surface area contributed by atoms with Gasteiger partial charge in [-0.15, -0.1) is 0 Å². The lowest BCUT2D eigenvalue weighted by molar-refractivity contribution is 0.261. The van der Waals surface area contributed by atoms with Gasteiger partial charge < -0.3 is 14.1 Å². The van der Waals surface area contributed by atoms with Gasteiger partial charge in [-0.3, -0.25) is 4.79 Å². The van der Waals surface area contributed by atoms with E-state index in [0.717, 1.165) is 17.9 Å². The van der Waals surface area contributed by atoms with E-state index in [9.17, 15) is 4.79 Å². The molecule has 2 aromatic carbocycles. The van der Waals surface area contributed by atoms with E-state index in [1.54, 1.807) is 12.1 Å². The monoisotopic (exact) mass is 309 g/mol. The molecule has 1 heterocycles. The minimum atomic E-state index is -0.0409. The molecule has 0 aliphatic carbocycles. The summed E-state index contributed by atoms with van der Waals surface area (Å²) in [6.45, 7) is 1.45. The molecule has 0 aliphatic rings. The normalized spacial score (nSPS) is 11.1. The summed E-state index contributed by atoms with van der Waals surface area (Å²) >= 11 is 0. The van der Waals surface area contributed by atoms with Gasteiger partial charge >= 0.3 is 0 Å². The molecule has 118 valence electrons. The summed E-state index contributed by atoms with van der Waals surface area (Å²) < 4.78 is 11.6. The Hall–Kier alpha value is -2.59. The van der Waals surface area contributed by atoms with E-state index in [2.05, 4.69) is 4.90 Å². The van der Waals surface area contributed by atoms with Gasteiger partial charge in [0.15, 0.2) is 5.43 Å². The minimum Gasteiger partial charge on any atom is -0.492 e. The van der Waals surface area contributed by atoms with Crippen molar-refractivity contribution >= 4 is 11.0 Å². The molecule has 4 heteroatoms. The Morgan fingerprint density at radius 1 is 1.04 bits per heavy atom. The Labute approximate surface area is 134 Å². The van der Waals surface area contributed by atoms with Crippen molar-refractivity contribution in [1.29, 1.82) is 0 Å². The van der Waals surface area contributed by atoms with Gasteiger partial charge in [-0.2, -0.15) is 0 Å². The van der Waals surface area contributed by atoms with E-state index < -0.39 is 0 Å². The van der Waals surface area contributed by atoms with Gasteiger partial charge in [0.25, 0.3) is 0 Å². The molecule has 23 heavy (non-hydrogen) atoms.